The third-order valence-corrected chi connectivity index (χ3v) is 3.27. The second-order valence-corrected chi connectivity index (χ2v) is 4.63. The molecule has 0 atom stereocenters. The highest BCUT2D eigenvalue weighted by Gasteiger charge is 2.27. The Labute approximate surface area is 100 Å². The van der Waals surface area contributed by atoms with E-state index in [2.05, 4.69) is 21.6 Å². The third-order valence-electron chi connectivity index (χ3n) is 3.27. The first-order valence-corrected chi connectivity index (χ1v) is 6.06. The number of imidazole rings is 1. The van der Waals surface area contributed by atoms with Crippen molar-refractivity contribution in [3.05, 3.63) is 18.2 Å². The summed E-state index contributed by atoms with van der Waals surface area (Å²) in [6.07, 6.45) is 7.18. The molecule has 2 N–H and O–H groups in total. The van der Waals surface area contributed by atoms with Crippen LogP contribution in [0.5, 0.6) is 0 Å². The average molecular weight is 231 g/mol. The van der Waals surface area contributed by atoms with Crippen LogP contribution < -0.4 is 5.73 Å². The molecule has 0 saturated heterocycles. The maximum Gasteiger partial charge on any atom is 0.131 e. The molecule has 0 amide bonds. The zero-order chi connectivity index (χ0) is 12.0. The number of nitrogen functional groups attached to an aromatic ring is 1. The van der Waals surface area contributed by atoms with Gasteiger partial charge in [0.15, 0.2) is 0 Å². The van der Waals surface area contributed by atoms with Crippen LogP contribution in [0.4, 0.5) is 5.82 Å². The van der Waals surface area contributed by atoms with Gasteiger partial charge in [0.1, 0.15) is 11.5 Å². The smallest absolute Gasteiger partial charge is 0.131 e. The molecule has 0 bridgehead atoms. The molecule has 1 aliphatic carbocycles. The summed E-state index contributed by atoms with van der Waals surface area (Å²) < 4.78 is 3.91. The van der Waals surface area contributed by atoms with Gasteiger partial charge in [-0.05, 0) is 19.3 Å². The minimum atomic E-state index is 0.568. The summed E-state index contributed by atoms with van der Waals surface area (Å²) in [7, 11) is 1.93. The van der Waals surface area contributed by atoms with Gasteiger partial charge in [0.05, 0.1) is 12.0 Å². The number of nitrogens with zero attached hydrogens (tertiary/aromatic N) is 4. The summed E-state index contributed by atoms with van der Waals surface area (Å²) in [5.41, 5.74) is 9.17. The Bertz CT molecular complexity index is 547. The maximum atomic E-state index is 6.17. The highest BCUT2D eigenvalue weighted by atomic mass is 15.3. The van der Waals surface area contributed by atoms with E-state index in [-0.39, 0.29) is 0 Å². The van der Waals surface area contributed by atoms with Crippen LogP contribution in [-0.4, -0.2) is 19.3 Å². The Hall–Kier alpha value is -1.78. The summed E-state index contributed by atoms with van der Waals surface area (Å²) in [4.78, 5) is 4.45. The first-order valence-electron chi connectivity index (χ1n) is 6.06. The summed E-state index contributed by atoms with van der Waals surface area (Å²) >= 11 is 0. The monoisotopic (exact) mass is 231 g/mol. The number of anilines is 1. The molecule has 2 aromatic heterocycles. The van der Waals surface area contributed by atoms with E-state index in [4.69, 9.17) is 5.73 Å². The molecule has 5 heteroatoms. The van der Waals surface area contributed by atoms with Crippen molar-refractivity contribution in [2.75, 3.05) is 5.73 Å². The first kappa shape index (κ1) is 10.4. The van der Waals surface area contributed by atoms with Gasteiger partial charge in [-0.15, -0.1) is 0 Å². The number of rotatable bonds is 3. The predicted octanol–water partition coefficient (Wildman–Crippen LogP) is 1.76. The van der Waals surface area contributed by atoms with Gasteiger partial charge < -0.3 is 10.3 Å². The van der Waals surface area contributed by atoms with Gasteiger partial charge in [0.2, 0.25) is 0 Å². The Morgan fingerprint density at radius 1 is 1.47 bits per heavy atom. The molecule has 17 heavy (non-hydrogen) atoms. The molecule has 5 nitrogen and oxygen atoms in total. The first-order chi connectivity index (χ1) is 8.20. The third kappa shape index (κ3) is 1.62. The van der Waals surface area contributed by atoms with Crippen LogP contribution in [0.1, 0.15) is 31.5 Å². The minimum absolute atomic E-state index is 0.568. The van der Waals surface area contributed by atoms with Crippen molar-refractivity contribution >= 4 is 5.82 Å². The Balaban J connectivity index is 2.08. The topological polar surface area (TPSA) is 61.7 Å². The van der Waals surface area contributed by atoms with Gasteiger partial charge in [0, 0.05) is 24.8 Å². The van der Waals surface area contributed by atoms with Crippen molar-refractivity contribution in [3.63, 3.8) is 0 Å². The molecule has 2 heterocycles. The normalized spacial score (nSPS) is 15.4. The summed E-state index contributed by atoms with van der Waals surface area (Å²) in [5.74, 6) is 0.773. The second kappa shape index (κ2) is 3.61. The quantitative estimate of drug-likeness (QED) is 0.875. The van der Waals surface area contributed by atoms with Crippen LogP contribution in [0.3, 0.4) is 0 Å². The van der Waals surface area contributed by atoms with Gasteiger partial charge in [-0.2, -0.15) is 5.10 Å². The van der Waals surface area contributed by atoms with E-state index in [1.807, 2.05) is 24.3 Å². The predicted molar refractivity (Wildman–Crippen MR) is 66.5 cm³/mol. The summed E-state index contributed by atoms with van der Waals surface area (Å²) in [6.45, 7) is 2.10. The van der Waals surface area contributed by atoms with E-state index in [0.29, 0.717) is 6.04 Å². The fraction of sp³-hybridized carbons (Fsp3) is 0.500. The van der Waals surface area contributed by atoms with Crippen molar-refractivity contribution in [2.45, 2.75) is 32.2 Å². The Morgan fingerprint density at radius 3 is 2.88 bits per heavy atom. The molecule has 2 aromatic rings. The van der Waals surface area contributed by atoms with Crippen molar-refractivity contribution in [1.82, 2.24) is 19.3 Å². The lowest BCUT2D eigenvalue weighted by molar-refractivity contribution is 0.746. The maximum absolute atomic E-state index is 6.17. The van der Waals surface area contributed by atoms with E-state index in [0.717, 1.165) is 29.2 Å². The average Bonchev–Trinajstić information content (AvgIpc) is 2.98. The number of hydrogen-bond acceptors (Lipinski definition) is 3. The molecule has 1 aliphatic rings. The molecular weight excluding hydrogens is 214 g/mol. The van der Waals surface area contributed by atoms with Gasteiger partial charge in [-0.3, -0.25) is 4.68 Å². The minimum Gasteiger partial charge on any atom is -0.383 e. The highest BCUT2D eigenvalue weighted by molar-refractivity contribution is 5.72. The zero-order valence-electron chi connectivity index (χ0n) is 10.2. The lowest BCUT2D eigenvalue weighted by Crippen LogP contribution is -1.99. The standard InChI is InChI=1S/C12H17N5/c1-3-10-9(6-16(2)15-10)11-12(13)17(7-14-11)8-4-5-8/h6-8H,3-5,13H2,1-2H3. The van der Waals surface area contributed by atoms with Crippen molar-refractivity contribution in [3.8, 4) is 11.3 Å². The van der Waals surface area contributed by atoms with Gasteiger partial charge in [-0.25, -0.2) is 4.98 Å². The number of aryl methyl sites for hydroxylation is 2. The molecule has 90 valence electrons. The fourth-order valence-electron chi connectivity index (χ4n) is 2.22. The van der Waals surface area contributed by atoms with E-state index < -0.39 is 0 Å². The SMILES string of the molecule is CCc1nn(C)cc1-c1ncn(C2CC2)c1N. The second-order valence-electron chi connectivity index (χ2n) is 4.63. The van der Waals surface area contributed by atoms with E-state index in [9.17, 15) is 0 Å². The Morgan fingerprint density at radius 2 is 2.24 bits per heavy atom. The van der Waals surface area contributed by atoms with Gasteiger partial charge in [0.25, 0.3) is 0 Å². The van der Waals surface area contributed by atoms with Crippen molar-refractivity contribution < 1.29 is 0 Å². The lowest BCUT2D eigenvalue weighted by atomic mass is 10.1. The molecule has 0 radical (unpaired) electrons. The molecule has 1 saturated carbocycles. The number of hydrogen-bond donors (Lipinski definition) is 1. The van der Waals surface area contributed by atoms with E-state index >= 15 is 0 Å². The van der Waals surface area contributed by atoms with Gasteiger partial charge in [-0.1, -0.05) is 6.92 Å². The molecule has 1 fully saturated rings. The molecule has 3 rings (SSSR count). The van der Waals surface area contributed by atoms with Crippen LogP contribution in [0.15, 0.2) is 12.5 Å². The summed E-state index contributed by atoms with van der Waals surface area (Å²) in [6, 6.07) is 0.568. The fourth-order valence-corrected chi connectivity index (χ4v) is 2.22. The molecule has 0 spiro atoms. The zero-order valence-corrected chi connectivity index (χ0v) is 10.2. The van der Waals surface area contributed by atoms with Gasteiger partial charge >= 0.3 is 0 Å². The molecule has 0 unspecified atom stereocenters. The largest absolute Gasteiger partial charge is 0.383 e. The number of nitrogens with two attached hydrogens (primary N) is 1. The highest BCUT2D eigenvalue weighted by Crippen LogP contribution is 2.39. The van der Waals surface area contributed by atoms with E-state index in [1.165, 1.54) is 12.8 Å². The van der Waals surface area contributed by atoms with Crippen molar-refractivity contribution in [1.29, 1.82) is 0 Å². The molecular formula is C12H17N5. The molecule has 0 aromatic carbocycles. The number of aromatic nitrogens is 4. The van der Waals surface area contributed by atoms with Crippen LogP contribution in [0, 0.1) is 0 Å². The van der Waals surface area contributed by atoms with E-state index in [1.54, 1.807) is 0 Å². The van der Waals surface area contributed by atoms with Crippen molar-refractivity contribution in [2.24, 2.45) is 7.05 Å². The molecule has 0 aliphatic heterocycles. The Kier molecular flexibility index (Phi) is 2.21. The lowest BCUT2D eigenvalue weighted by Gasteiger charge is -2.02. The van der Waals surface area contributed by atoms with Crippen LogP contribution in [0.25, 0.3) is 11.3 Å². The van der Waals surface area contributed by atoms with Crippen LogP contribution >= 0.6 is 0 Å². The van der Waals surface area contributed by atoms with Crippen LogP contribution in [0.2, 0.25) is 0 Å². The van der Waals surface area contributed by atoms with Crippen LogP contribution in [-0.2, 0) is 13.5 Å². The summed E-state index contributed by atoms with van der Waals surface area (Å²) in [5, 5.41) is 4.43.